The van der Waals surface area contributed by atoms with E-state index in [0.29, 0.717) is 0 Å². The maximum Gasteiger partial charge on any atom is 0.0594 e. The third kappa shape index (κ3) is 3.11. The average molecular weight is 171 g/mol. The maximum atomic E-state index is 5.30. The summed E-state index contributed by atoms with van der Waals surface area (Å²) in [5.74, 6) is 1.61. The topological polar surface area (TPSA) is 12.5 Å². The summed E-state index contributed by atoms with van der Waals surface area (Å²) < 4.78 is 5.30. The van der Waals surface area contributed by atoms with Gasteiger partial charge in [0.05, 0.1) is 13.2 Å². The molecule has 12 heavy (non-hydrogen) atoms. The fourth-order valence-corrected chi connectivity index (χ4v) is 1.40. The number of hydrogen-bond donors (Lipinski definition) is 0. The van der Waals surface area contributed by atoms with Gasteiger partial charge < -0.3 is 4.74 Å². The van der Waals surface area contributed by atoms with Crippen LogP contribution in [0.4, 0.5) is 0 Å². The zero-order valence-electron chi connectivity index (χ0n) is 8.55. The lowest BCUT2D eigenvalue weighted by Crippen LogP contribution is -2.39. The van der Waals surface area contributed by atoms with Crippen LogP contribution in [0.25, 0.3) is 0 Å². The molecule has 0 aromatic heterocycles. The summed E-state index contributed by atoms with van der Waals surface area (Å²) in [5.41, 5.74) is 0. The molecular formula is C10H21NO. The van der Waals surface area contributed by atoms with Crippen LogP contribution in [0.2, 0.25) is 0 Å². The second-order valence-electron chi connectivity index (χ2n) is 4.13. The summed E-state index contributed by atoms with van der Waals surface area (Å²) in [4.78, 5) is 2.51. The van der Waals surface area contributed by atoms with Crippen LogP contribution < -0.4 is 0 Å². The van der Waals surface area contributed by atoms with Gasteiger partial charge in [0.2, 0.25) is 0 Å². The summed E-state index contributed by atoms with van der Waals surface area (Å²) in [6, 6.07) is 0. The molecule has 1 heterocycles. The van der Waals surface area contributed by atoms with Gasteiger partial charge in [-0.15, -0.1) is 0 Å². The third-order valence-electron chi connectivity index (χ3n) is 2.79. The van der Waals surface area contributed by atoms with Crippen molar-refractivity contribution in [2.75, 3.05) is 32.8 Å². The van der Waals surface area contributed by atoms with Gasteiger partial charge in [-0.25, -0.2) is 0 Å². The van der Waals surface area contributed by atoms with E-state index in [-0.39, 0.29) is 0 Å². The molecule has 0 bridgehead atoms. The van der Waals surface area contributed by atoms with E-state index in [2.05, 4.69) is 25.7 Å². The minimum absolute atomic E-state index is 0.799. The van der Waals surface area contributed by atoms with Crippen molar-refractivity contribution < 1.29 is 4.74 Å². The van der Waals surface area contributed by atoms with Crippen LogP contribution in [-0.4, -0.2) is 37.7 Å². The monoisotopic (exact) mass is 171 g/mol. The highest BCUT2D eigenvalue weighted by Gasteiger charge is 2.15. The lowest BCUT2D eigenvalue weighted by Gasteiger charge is -2.30. The predicted octanol–water partition coefficient (Wildman–Crippen LogP) is 1.61. The Labute approximate surface area is 75.9 Å². The van der Waals surface area contributed by atoms with Gasteiger partial charge >= 0.3 is 0 Å². The lowest BCUT2D eigenvalue weighted by atomic mass is 9.97. The molecule has 2 heteroatoms. The molecule has 0 unspecified atom stereocenters. The van der Waals surface area contributed by atoms with E-state index in [9.17, 15) is 0 Å². The van der Waals surface area contributed by atoms with E-state index in [0.717, 1.165) is 38.1 Å². The van der Waals surface area contributed by atoms with Crippen LogP contribution in [0, 0.1) is 11.8 Å². The van der Waals surface area contributed by atoms with E-state index in [1.54, 1.807) is 0 Å². The maximum absolute atomic E-state index is 5.30. The van der Waals surface area contributed by atoms with E-state index >= 15 is 0 Å². The van der Waals surface area contributed by atoms with Gasteiger partial charge in [0.25, 0.3) is 0 Å². The lowest BCUT2D eigenvalue weighted by molar-refractivity contribution is 0.0287. The molecule has 0 amide bonds. The Kier molecular flexibility index (Phi) is 4.02. The van der Waals surface area contributed by atoms with Gasteiger partial charge in [0, 0.05) is 19.6 Å². The molecule has 1 atom stereocenters. The van der Waals surface area contributed by atoms with E-state index in [1.807, 2.05) is 0 Å². The molecule has 1 rings (SSSR count). The molecule has 72 valence electrons. The first kappa shape index (κ1) is 10.0. The van der Waals surface area contributed by atoms with Crippen molar-refractivity contribution in [2.45, 2.75) is 20.8 Å². The van der Waals surface area contributed by atoms with Crippen molar-refractivity contribution in [3.05, 3.63) is 0 Å². The molecule has 0 saturated carbocycles. The fraction of sp³-hybridized carbons (Fsp3) is 1.00. The van der Waals surface area contributed by atoms with Gasteiger partial charge in [-0.1, -0.05) is 20.8 Å². The minimum atomic E-state index is 0.799. The van der Waals surface area contributed by atoms with Crippen molar-refractivity contribution in [1.29, 1.82) is 0 Å². The molecular weight excluding hydrogens is 150 g/mol. The van der Waals surface area contributed by atoms with Crippen LogP contribution in [0.15, 0.2) is 0 Å². The second-order valence-corrected chi connectivity index (χ2v) is 4.13. The molecule has 0 spiro atoms. The molecule has 0 radical (unpaired) electrons. The van der Waals surface area contributed by atoms with Gasteiger partial charge in [-0.3, -0.25) is 4.90 Å². The predicted molar refractivity (Wildman–Crippen MR) is 51.3 cm³/mol. The van der Waals surface area contributed by atoms with Crippen LogP contribution in [0.3, 0.4) is 0 Å². The number of nitrogens with zero attached hydrogens (tertiary/aromatic N) is 1. The van der Waals surface area contributed by atoms with Crippen molar-refractivity contribution in [3.8, 4) is 0 Å². The van der Waals surface area contributed by atoms with Crippen LogP contribution in [-0.2, 0) is 4.74 Å². The Morgan fingerprint density at radius 1 is 1.17 bits per heavy atom. The van der Waals surface area contributed by atoms with Crippen LogP contribution >= 0.6 is 0 Å². The van der Waals surface area contributed by atoms with Crippen molar-refractivity contribution in [2.24, 2.45) is 11.8 Å². The van der Waals surface area contributed by atoms with Gasteiger partial charge in [-0.05, 0) is 11.8 Å². The zero-order valence-corrected chi connectivity index (χ0v) is 8.55. The van der Waals surface area contributed by atoms with E-state index < -0.39 is 0 Å². The van der Waals surface area contributed by atoms with Crippen molar-refractivity contribution in [1.82, 2.24) is 4.90 Å². The van der Waals surface area contributed by atoms with E-state index in [4.69, 9.17) is 4.74 Å². The molecule has 0 N–H and O–H groups in total. The molecule has 1 aliphatic heterocycles. The smallest absolute Gasteiger partial charge is 0.0594 e. The first-order chi connectivity index (χ1) is 5.70. The summed E-state index contributed by atoms with van der Waals surface area (Å²) in [5, 5.41) is 0. The molecule has 1 fully saturated rings. The molecule has 2 nitrogen and oxygen atoms in total. The number of morpholine rings is 1. The first-order valence-corrected chi connectivity index (χ1v) is 5.00. The van der Waals surface area contributed by atoms with Crippen LogP contribution in [0.1, 0.15) is 20.8 Å². The Balaban J connectivity index is 2.20. The highest BCUT2D eigenvalue weighted by molar-refractivity contribution is 4.67. The van der Waals surface area contributed by atoms with Crippen LogP contribution in [0.5, 0.6) is 0 Å². The fourth-order valence-electron chi connectivity index (χ4n) is 1.40. The number of ether oxygens (including phenoxy) is 1. The Bertz CT molecular complexity index is 119. The highest BCUT2D eigenvalue weighted by atomic mass is 16.5. The number of hydrogen-bond acceptors (Lipinski definition) is 2. The molecule has 0 aromatic carbocycles. The standard InChI is InChI=1S/C10H21NO/c1-9(2)10(3)8-11-4-6-12-7-5-11/h9-10H,4-8H2,1-3H3/t10-/m0/s1. The highest BCUT2D eigenvalue weighted by Crippen LogP contribution is 2.12. The Morgan fingerprint density at radius 2 is 1.75 bits per heavy atom. The summed E-state index contributed by atoms with van der Waals surface area (Å²) in [6.45, 7) is 12.3. The molecule has 0 aromatic rings. The molecule has 1 saturated heterocycles. The summed E-state index contributed by atoms with van der Waals surface area (Å²) in [6.07, 6.45) is 0. The largest absolute Gasteiger partial charge is 0.379 e. The summed E-state index contributed by atoms with van der Waals surface area (Å²) >= 11 is 0. The second kappa shape index (κ2) is 4.83. The SMILES string of the molecule is CC(C)[C@@H](C)CN1CCOCC1. The van der Waals surface area contributed by atoms with Gasteiger partial charge in [0.15, 0.2) is 0 Å². The Morgan fingerprint density at radius 3 is 2.25 bits per heavy atom. The number of rotatable bonds is 3. The quantitative estimate of drug-likeness (QED) is 0.639. The molecule has 0 aliphatic carbocycles. The molecule has 1 aliphatic rings. The van der Waals surface area contributed by atoms with Gasteiger partial charge in [-0.2, -0.15) is 0 Å². The Hall–Kier alpha value is -0.0800. The van der Waals surface area contributed by atoms with Crippen molar-refractivity contribution in [3.63, 3.8) is 0 Å². The zero-order chi connectivity index (χ0) is 8.97. The summed E-state index contributed by atoms with van der Waals surface area (Å²) in [7, 11) is 0. The normalized spacial score (nSPS) is 23.0. The third-order valence-corrected chi connectivity index (χ3v) is 2.79. The van der Waals surface area contributed by atoms with E-state index in [1.165, 1.54) is 6.54 Å². The first-order valence-electron chi connectivity index (χ1n) is 5.00. The minimum Gasteiger partial charge on any atom is -0.379 e. The van der Waals surface area contributed by atoms with Crippen molar-refractivity contribution >= 4 is 0 Å². The van der Waals surface area contributed by atoms with Gasteiger partial charge in [0.1, 0.15) is 0 Å². The average Bonchev–Trinajstić information content (AvgIpc) is 2.06.